The van der Waals surface area contributed by atoms with E-state index in [2.05, 4.69) is 6.07 Å². The third-order valence-corrected chi connectivity index (χ3v) is 14.4. The van der Waals surface area contributed by atoms with Gasteiger partial charge in [0.15, 0.2) is 9.84 Å². The Kier molecular flexibility index (Phi) is 16.1. The first-order chi connectivity index (χ1) is 30.6. The fourth-order valence-corrected chi connectivity index (χ4v) is 9.77. The van der Waals surface area contributed by atoms with Crippen molar-refractivity contribution in [3.63, 3.8) is 0 Å². The van der Waals surface area contributed by atoms with Crippen LogP contribution in [0, 0.1) is 13.0 Å². The molecule has 0 aromatic heterocycles. The minimum atomic E-state index is -5.20. The molecule has 8 aromatic rings. The van der Waals surface area contributed by atoms with E-state index in [0.717, 1.165) is 51.8 Å². The molecule has 0 amide bonds. The number of hydrogen-bond donors (Lipinski definition) is 0. The Morgan fingerprint density at radius 3 is 1.24 bits per heavy atom. The standard InChI is InChI=1S/C50H37O11S3.2Na/c1-34-3-25-45(26-4-34)62(51,52)46-27-21-42(22-28-46)59-41-17-9-37(10-18-41)38-11-19-44(20-12-38)61-49-32-31-48(33-50(49)64(55,56)57)63(53,54)47-29-23-43(24-30-47)60-40-15-7-36(8-16-40)35-5-13-39(58-2)14-6-35;;/h3-23,25-33H,1-2H3,(H,55,56,57);;/q-1;2*+1/p-1. The molecule has 0 atom stereocenters. The van der Waals surface area contributed by atoms with Crippen LogP contribution in [0.25, 0.3) is 22.3 Å². The maximum Gasteiger partial charge on any atom is 1.00 e. The van der Waals surface area contributed by atoms with Crippen LogP contribution in [-0.2, 0) is 29.8 Å². The van der Waals surface area contributed by atoms with Crippen molar-refractivity contribution >= 4 is 29.8 Å². The molecule has 8 rings (SSSR count). The van der Waals surface area contributed by atoms with Crippen LogP contribution in [0.2, 0.25) is 0 Å². The number of rotatable bonds is 14. The van der Waals surface area contributed by atoms with Gasteiger partial charge in [0.25, 0.3) is 0 Å². The van der Waals surface area contributed by atoms with Crippen molar-refractivity contribution in [1.82, 2.24) is 0 Å². The molecule has 0 fully saturated rings. The fourth-order valence-electron chi connectivity index (χ4n) is 6.56. The summed E-state index contributed by atoms with van der Waals surface area (Å²) in [5, 5.41) is 0. The Labute approximate surface area is 428 Å². The van der Waals surface area contributed by atoms with Crippen LogP contribution in [0.3, 0.4) is 0 Å². The minimum absolute atomic E-state index is 0. The van der Waals surface area contributed by atoms with Crippen LogP contribution < -0.4 is 78.1 Å². The first kappa shape index (κ1) is 50.2. The van der Waals surface area contributed by atoms with E-state index in [1.165, 1.54) is 30.3 Å². The molecule has 0 heterocycles. The van der Waals surface area contributed by atoms with E-state index in [0.29, 0.717) is 17.2 Å². The molecule has 0 saturated carbocycles. The third kappa shape index (κ3) is 11.6. The van der Waals surface area contributed by atoms with Crippen LogP contribution >= 0.6 is 0 Å². The van der Waals surface area contributed by atoms with Crippen LogP contribution in [0.4, 0.5) is 0 Å². The summed E-state index contributed by atoms with van der Waals surface area (Å²) in [6, 6.07) is 51.3. The van der Waals surface area contributed by atoms with Gasteiger partial charge in [0.2, 0.25) is 9.84 Å². The van der Waals surface area contributed by atoms with Gasteiger partial charge in [-0.1, -0.05) is 66.2 Å². The summed E-state index contributed by atoms with van der Waals surface area (Å²) in [4.78, 5) is -1.13. The van der Waals surface area contributed by atoms with Crippen LogP contribution in [0.1, 0.15) is 5.56 Å². The van der Waals surface area contributed by atoms with Gasteiger partial charge < -0.3 is 23.5 Å². The summed E-state index contributed by atoms with van der Waals surface area (Å²) < 4.78 is 113. The van der Waals surface area contributed by atoms with Crippen molar-refractivity contribution in [2.75, 3.05) is 7.11 Å². The molecule has 0 radical (unpaired) electrons. The Balaban J connectivity index is 0.00000360. The molecule has 0 aliphatic carbocycles. The van der Waals surface area contributed by atoms with Gasteiger partial charge in [-0.05, 0) is 137 Å². The first-order valence-electron chi connectivity index (χ1n) is 19.4. The summed E-state index contributed by atoms with van der Waals surface area (Å²) in [5.74, 6) is 2.30. The summed E-state index contributed by atoms with van der Waals surface area (Å²) in [6.45, 7) is 1.89. The molecule has 0 unspecified atom stereocenters. The molecule has 0 aliphatic heterocycles. The molecule has 0 N–H and O–H groups in total. The van der Waals surface area contributed by atoms with E-state index in [4.69, 9.17) is 18.9 Å². The maximum absolute atomic E-state index is 13.6. The zero-order chi connectivity index (χ0) is 45.1. The predicted molar refractivity (Wildman–Crippen MR) is 239 cm³/mol. The van der Waals surface area contributed by atoms with Gasteiger partial charge in [-0.15, -0.1) is 12.1 Å². The smallest absolute Gasteiger partial charge is 0.744 e. The summed E-state index contributed by atoms with van der Waals surface area (Å²) in [5.41, 5.74) is 4.49. The summed E-state index contributed by atoms with van der Waals surface area (Å²) in [7, 11) is -11.6. The maximum atomic E-state index is 13.6. The van der Waals surface area contributed by atoms with Crippen LogP contribution in [0.5, 0.6) is 40.2 Å². The zero-order valence-electron chi connectivity index (χ0n) is 36.0. The quantitative estimate of drug-likeness (QED) is 0.0811. The van der Waals surface area contributed by atoms with Crippen molar-refractivity contribution in [1.29, 1.82) is 0 Å². The second kappa shape index (κ2) is 21.2. The van der Waals surface area contributed by atoms with Crippen molar-refractivity contribution in [2.24, 2.45) is 0 Å². The summed E-state index contributed by atoms with van der Waals surface area (Å²) >= 11 is 0. The summed E-state index contributed by atoms with van der Waals surface area (Å²) in [6.07, 6.45) is 0. The third-order valence-electron chi connectivity index (χ3n) is 10.0. The molecule has 0 aliphatic rings. The van der Waals surface area contributed by atoms with Gasteiger partial charge in [0.1, 0.15) is 44.6 Å². The number of hydrogen-bond acceptors (Lipinski definition) is 11. The van der Waals surface area contributed by atoms with Gasteiger partial charge in [0, 0.05) is 5.75 Å². The molecule has 8 aromatic carbocycles. The van der Waals surface area contributed by atoms with E-state index < -0.39 is 39.6 Å². The Bertz CT molecular complexity index is 3280. The SMILES string of the molecule is COc1ccc(-c2ccc(Oc3[c-]cc(S(=O)(=O)c4ccc(Oc5ccc(-c6ccc(Oc7ccc(S(=O)(=O)c8ccc(C)cc8)cc7)cc6)cc5)c(S(=O)(=O)[O-])c4)cc3)cc2)cc1.[Na+].[Na+]. The van der Waals surface area contributed by atoms with Gasteiger partial charge >= 0.3 is 59.1 Å². The molecule has 66 heavy (non-hydrogen) atoms. The molecule has 322 valence electrons. The van der Waals surface area contributed by atoms with Crippen molar-refractivity contribution < 1.29 is 108 Å². The molecule has 16 heteroatoms. The van der Waals surface area contributed by atoms with Gasteiger partial charge in [-0.3, -0.25) is 0 Å². The average Bonchev–Trinajstić information content (AvgIpc) is 3.30. The number of ether oxygens (including phenoxy) is 4. The molecular weight excluding hydrogens is 919 g/mol. The topological polar surface area (TPSA) is 162 Å². The van der Waals surface area contributed by atoms with E-state index in [9.17, 15) is 29.8 Å². The minimum Gasteiger partial charge on any atom is -0.744 e. The van der Waals surface area contributed by atoms with E-state index in [1.807, 2.05) is 55.5 Å². The molecular formula is C50H36Na2O11S3. The molecule has 0 spiro atoms. The second-order valence-electron chi connectivity index (χ2n) is 14.4. The number of sulfone groups is 2. The molecule has 0 bridgehead atoms. The number of aryl methyl sites for hydroxylation is 1. The zero-order valence-corrected chi connectivity index (χ0v) is 42.5. The van der Waals surface area contributed by atoms with Crippen LogP contribution in [-0.4, -0.2) is 36.9 Å². The number of benzene rings is 8. The van der Waals surface area contributed by atoms with Crippen molar-refractivity contribution in [3.8, 4) is 62.5 Å². The van der Waals surface area contributed by atoms with Crippen molar-refractivity contribution in [3.05, 3.63) is 194 Å². The Hall–Kier alpha value is -5.23. The monoisotopic (exact) mass is 954 g/mol. The second-order valence-corrected chi connectivity index (χ2v) is 19.6. The predicted octanol–water partition coefficient (Wildman–Crippen LogP) is 5.09. The van der Waals surface area contributed by atoms with Crippen molar-refractivity contribution in [2.45, 2.75) is 31.4 Å². The van der Waals surface area contributed by atoms with Gasteiger partial charge in [-0.2, -0.15) is 12.1 Å². The van der Waals surface area contributed by atoms with E-state index >= 15 is 0 Å². The fraction of sp³-hybridized carbons (Fsp3) is 0.0400. The first-order valence-corrected chi connectivity index (χ1v) is 23.8. The van der Waals surface area contributed by atoms with Crippen LogP contribution in [0.15, 0.2) is 206 Å². The van der Waals surface area contributed by atoms with Gasteiger partial charge in [0.05, 0.1) is 26.7 Å². The normalized spacial score (nSPS) is 11.4. The van der Waals surface area contributed by atoms with E-state index in [-0.39, 0.29) is 91.0 Å². The average molecular weight is 955 g/mol. The Morgan fingerprint density at radius 2 is 0.803 bits per heavy atom. The molecule has 0 saturated heterocycles. The largest absolute Gasteiger partial charge is 1.00 e. The Morgan fingerprint density at radius 1 is 0.424 bits per heavy atom. The molecule has 11 nitrogen and oxygen atoms in total. The van der Waals surface area contributed by atoms with E-state index in [1.54, 1.807) is 92.0 Å². The van der Waals surface area contributed by atoms with Gasteiger partial charge in [-0.25, -0.2) is 25.3 Å². The number of methoxy groups -OCH3 is 1.